The summed E-state index contributed by atoms with van der Waals surface area (Å²) in [6.07, 6.45) is 1.77. The summed E-state index contributed by atoms with van der Waals surface area (Å²) in [7, 11) is 0. The minimum atomic E-state index is -0.0631. The highest BCUT2D eigenvalue weighted by atomic mass is 32.1. The standard InChI is InChI=1S/C22H22N4OS/c1-15(2)23-20-11-7-8-12-25(20)21(27)19-13-18-16(3)24-26(22(18)28-19)14-17-9-5-4-6-10-17/h4-13,15H,14H2,1-3H3. The van der Waals surface area contributed by atoms with Crippen LogP contribution < -0.4 is 5.49 Å². The second-order valence-corrected chi connectivity index (χ2v) is 8.05. The van der Waals surface area contributed by atoms with Gasteiger partial charge in [-0.3, -0.25) is 19.0 Å². The lowest BCUT2D eigenvalue weighted by Crippen LogP contribution is -2.27. The summed E-state index contributed by atoms with van der Waals surface area (Å²) in [4.78, 5) is 19.5. The first-order valence-corrected chi connectivity index (χ1v) is 10.1. The number of carbonyl (C=O) groups is 1. The molecule has 28 heavy (non-hydrogen) atoms. The van der Waals surface area contributed by atoms with Gasteiger partial charge < -0.3 is 0 Å². The van der Waals surface area contributed by atoms with Crippen LogP contribution in [0.25, 0.3) is 10.2 Å². The van der Waals surface area contributed by atoms with Gasteiger partial charge in [-0.2, -0.15) is 5.10 Å². The van der Waals surface area contributed by atoms with Crippen LogP contribution in [0, 0.1) is 6.92 Å². The number of hydrogen-bond donors (Lipinski definition) is 0. The zero-order valence-corrected chi connectivity index (χ0v) is 17.0. The van der Waals surface area contributed by atoms with E-state index in [1.165, 1.54) is 16.9 Å². The van der Waals surface area contributed by atoms with Crippen LogP contribution in [-0.4, -0.2) is 26.3 Å². The van der Waals surface area contributed by atoms with Crippen LogP contribution in [0.1, 0.15) is 34.8 Å². The van der Waals surface area contributed by atoms with E-state index in [9.17, 15) is 4.79 Å². The number of aryl methyl sites for hydroxylation is 1. The average Bonchev–Trinajstić information content (AvgIpc) is 3.24. The number of thiophene rings is 1. The Morgan fingerprint density at radius 3 is 2.64 bits per heavy atom. The zero-order valence-electron chi connectivity index (χ0n) is 16.2. The van der Waals surface area contributed by atoms with E-state index in [1.54, 1.807) is 10.8 Å². The summed E-state index contributed by atoms with van der Waals surface area (Å²) < 4.78 is 3.60. The molecule has 0 amide bonds. The van der Waals surface area contributed by atoms with Crippen molar-refractivity contribution in [3.8, 4) is 0 Å². The summed E-state index contributed by atoms with van der Waals surface area (Å²) in [5.74, 6) is -0.0631. The molecular weight excluding hydrogens is 368 g/mol. The first kappa shape index (κ1) is 18.4. The average molecular weight is 391 g/mol. The molecule has 5 nitrogen and oxygen atoms in total. The molecule has 0 atom stereocenters. The maximum Gasteiger partial charge on any atom is 0.273 e. The molecule has 0 aliphatic heterocycles. The molecule has 0 fully saturated rings. The van der Waals surface area contributed by atoms with Crippen molar-refractivity contribution in [2.75, 3.05) is 0 Å². The highest BCUT2D eigenvalue weighted by Crippen LogP contribution is 2.29. The number of carbonyl (C=O) groups excluding carboxylic acids is 1. The molecule has 4 aromatic rings. The lowest BCUT2D eigenvalue weighted by Gasteiger charge is -2.06. The normalized spacial score (nSPS) is 12.2. The Bertz CT molecular complexity index is 1200. The van der Waals surface area contributed by atoms with Crippen LogP contribution in [-0.2, 0) is 6.54 Å². The first-order chi connectivity index (χ1) is 13.5. The largest absolute Gasteiger partial charge is 0.273 e. The first-order valence-electron chi connectivity index (χ1n) is 9.30. The molecule has 0 saturated heterocycles. The molecule has 142 valence electrons. The molecule has 6 heteroatoms. The van der Waals surface area contributed by atoms with Gasteiger partial charge >= 0.3 is 0 Å². The molecule has 0 radical (unpaired) electrons. The summed E-state index contributed by atoms with van der Waals surface area (Å²) in [5.41, 5.74) is 2.79. The van der Waals surface area contributed by atoms with E-state index in [2.05, 4.69) is 22.2 Å². The highest BCUT2D eigenvalue weighted by Gasteiger charge is 2.18. The Hall–Kier alpha value is -2.99. The molecule has 4 rings (SSSR count). The topological polar surface area (TPSA) is 52.2 Å². The van der Waals surface area contributed by atoms with Crippen molar-refractivity contribution < 1.29 is 4.79 Å². The van der Waals surface area contributed by atoms with Gasteiger partial charge in [-0.25, -0.2) is 0 Å². The van der Waals surface area contributed by atoms with Crippen LogP contribution in [0.3, 0.4) is 0 Å². The van der Waals surface area contributed by atoms with Gasteiger partial charge in [0.05, 0.1) is 17.1 Å². The summed E-state index contributed by atoms with van der Waals surface area (Å²) >= 11 is 1.48. The zero-order chi connectivity index (χ0) is 19.7. The van der Waals surface area contributed by atoms with Crippen molar-refractivity contribution in [3.05, 3.63) is 82.4 Å². The van der Waals surface area contributed by atoms with Crippen LogP contribution in [0.5, 0.6) is 0 Å². The predicted molar refractivity (Wildman–Crippen MR) is 113 cm³/mol. The van der Waals surface area contributed by atoms with Gasteiger partial charge in [0.2, 0.25) is 0 Å². The van der Waals surface area contributed by atoms with E-state index in [-0.39, 0.29) is 11.9 Å². The number of fused-ring (bicyclic) bond motifs is 1. The smallest absolute Gasteiger partial charge is 0.267 e. The van der Waals surface area contributed by atoms with Crippen molar-refractivity contribution in [3.63, 3.8) is 0 Å². The van der Waals surface area contributed by atoms with Gasteiger partial charge in [-0.1, -0.05) is 36.4 Å². The van der Waals surface area contributed by atoms with Crippen molar-refractivity contribution >= 4 is 27.5 Å². The molecule has 1 aromatic carbocycles. The third-order valence-corrected chi connectivity index (χ3v) is 5.58. The fraction of sp³-hybridized carbons (Fsp3) is 0.227. The monoisotopic (exact) mass is 390 g/mol. The van der Waals surface area contributed by atoms with E-state index < -0.39 is 0 Å². The second-order valence-electron chi connectivity index (χ2n) is 7.01. The Morgan fingerprint density at radius 1 is 1.14 bits per heavy atom. The fourth-order valence-corrected chi connectivity index (χ4v) is 4.27. The van der Waals surface area contributed by atoms with E-state index in [4.69, 9.17) is 0 Å². The predicted octanol–water partition coefficient (Wildman–Crippen LogP) is 4.25. The minimum absolute atomic E-state index is 0.0631. The Balaban J connectivity index is 1.75. The van der Waals surface area contributed by atoms with Crippen LogP contribution >= 0.6 is 11.3 Å². The van der Waals surface area contributed by atoms with E-state index in [0.717, 1.165) is 15.9 Å². The van der Waals surface area contributed by atoms with Gasteiger partial charge in [-0.05, 0) is 44.5 Å². The van der Waals surface area contributed by atoms with Crippen LogP contribution in [0.15, 0.2) is 65.8 Å². The number of pyridine rings is 1. The Labute approximate surface area is 167 Å². The van der Waals surface area contributed by atoms with Crippen molar-refractivity contribution in [1.29, 1.82) is 0 Å². The van der Waals surface area contributed by atoms with Crippen molar-refractivity contribution in [1.82, 2.24) is 14.3 Å². The maximum absolute atomic E-state index is 13.2. The van der Waals surface area contributed by atoms with Gasteiger partial charge in [-0.15, -0.1) is 11.3 Å². The summed E-state index contributed by atoms with van der Waals surface area (Å²) in [5, 5.41) is 5.70. The SMILES string of the molecule is Cc1nn(Cc2ccccc2)c2sc(C(=O)n3ccccc3=NC(C)C)cc12. The third kappa shape index (κ3) is 3.55. The van der Waals surface area contributed by atoms with E-state index >= 15 is 0 Å². The minimum Gasteiger partial charge on any atom is -0.267 e. The Kier molecular flexibility index (Phi) is 4.96. The Morgan fingerprint density at radius 2 is 1.89 bits per heavy atom. The number of rotatable bonds is 4. The van der Waals surface area contributed by atoms with E-state index in [1.807, 2.05) is 67.9 Å². The fourth-order valence-electron chi connectivity index (χ4n) is 3.18. The highest BCUT2D eigenvalue weighted by molar-refractivity contribution is 7.20. The molecule has 0 bridgehead atoms. The van der Waals surface area contributed by atoms with Crippen LogP contribution in [0.2, 0.25) is 0 Å². The van der Waals surface area contributed by atoms with Crippen molar-refractivity contribution in [2.24, 2.45) is 4.99 Å². The maximum atomic E-state index is 13.2. The molecule has 3 heterocycles. The quantitative estimate of drug-likeness (QED) is 0.523. The van der Waals surface area contributed by atoms with Gasteiger partial charge in [0.15, 0.2) is 0 Å². The van der Waals surface area contributed by atoms with Crippen molar-refractivity contribution in [2.45, 2.75) is 33.4 Å². The molecule has 0 N–H and O–H groups in total. The molecule has 0 aliphatic rings. The third-order valence-electron chi connectivity index (χ3n) is 4.44. The number of hydrogen-bond acceptors (Lipinski definition) is 4. The summed E-state index contributed by atoms with van der Waals surface area (Å²) in [6, 6.07) is 17.9. The van der Waals surface area contributed by atoms with Gasteiger partial charge in [0.25, 0.3) is 5.91 Å². The number of nitrogens with zero attached hydrogens (tertiary/aromatic N) is 4. The lowest BCUT2D eigenvalue weighted by atomic mass is 10.2. The molecular formula is C22H22N4OS. The number of benzene rings is 1. The molecule has 0 aliphatic carbocycles. The van der Waals surface area contributed by atoms with Gasteiger partial charge in [0.1, 0.15) is 10.3 Å². The summed E-state index contributed by atoms with van der Waals surface area (Å²) in [6.45, 7) is 6.68. The molecule has 0 saturated carbocycles. The van der Waals surface area contributed by atoms with Gasteiger partial charge in [0, 0.05) is 17.6 Å². The molecule has 3 aromatic heterocycles. The second kappa shape index (κ2) is 7.56. The lowest BCUT2D eigenvalue weighted by molar-refractivity contribution is 0.0958. The van der Waals surface area contributed by atoms with Crippen LogP contribution in [0.4, 0.5) is 0 Å². The van der Waals surface area contributed by atoms with E-state index in [0.29, 0.717) is 16.9 Å². The molecule has 0 unspecified atom stereocenters. The molecule has 0 spiro atoms. The number of aromatic nitrogens is 3.